The van der Waals surface area contributed by atoms with E-state index in [0.717, 1.165) is 27.8 Å². The van der Waals surface area contributed by atoms with E-state index in [-0.39, 0.29) is 0 Å². The molecule has 0 bridgehead atoms. The zero-order valence-electron chi connectivity index (χ0n) is 11.5. The Kier molecular flexibility index (Phi) is 5.07. The third kappa shape index (κ3) is 3.34. The molecular weight excluding hydrogens is 342 g/mol. The zero-order valence-corrected chi connectivity index (χ0v) is 13.8. The van der Waals surface area contributed by atoms with Gasteiger partial charge in [0.2, 0.25) is 0 Å². The van der Waals surface area contributed by atoms with Crippen LogP contribution < -0.4 is 10.5 Å². The van der Waals surface area contributed by atoms with Crippen molar-refractivity contribution in [3.8, 4) is 5.75 Å². The summed E-state index contributed by atoms with van der Waals surface area (Å²) in [5, 5.41) is 4.93. The third-order valence-electron chi connectivity index (χ3n) is 3.06. The van der Waals surface area contributed by atoms with E-state index >= 15 is 0 Å². The minimum atomic E-state index is 0.411. The predicted octanol–water partition coefficient (Wildman–Crippen LogP) is 3.22. The average Bonchev–Trinajstić information content (AvgIpc) is 2.64. The van der Waals surface area contributed by atoms with Gasteiger partial charge in [-0.05, 0) is 53.5 Å². The summed E-state index contributed by atoms with van der Waals surface area (Å²) in [5.74, 6) is 0.665. The lowest BCUT2D eigenvalue weighted by Crippen LogP contribution is -2.05. The summed E-state index contributed by atoms with van der Waals surface area (Å²) in [6, 6.07) is 5.76. The summed E-state index contributed by atoms with van der Waals surface area (Å²) in [6.07, 6.45) is 0.812. The van der Waals surface area contributed by atoms with Gasteiger partial charge in [0.1, 0.15) is 12.4 Å². The molecule has 1 aromatic heterocycles. The van der Waals surface area contributed by atoms with Crippen LogP contribution in [0.2, 0.25) is 5.02 Å². The Labute approximate surface area is 132 Å². The van der Waals surface area contributed by atoms with Crippen molar-refractivity contribution in [3.05, 3.63) is 44.6 Å². The summed E-state index contributed by atoms with van der Waals surface area (Å²) >= 11 is 9.73. The maximum absolute atomic E-state index is 6.22. The van der Waals surface area contributed by atoms with Gasteiger partial charge in [0.25, 0.3) is 0 Å². The Morgan fingerprint density at radius 2 is 2.20 bits per heavy atom. The first-order valence-electron chi connectivity index (χ1n) is 6.32. The molecule has 0 aliphatic heterocycles. The maximum atomic E-state index is 6.22. The van der Waals surface area contributed by atoms with Crippen LogP contribution in [0.15, 0.2) is 22.7 Å². The molecule has 1 aromatic carbocycles. The van der Waals surface area contributed by atoms with E-state index in [0.29, 0.717) is 23.9 Å². The molecule has 0 unspecified atom stereocenters. The van der Waals surface area contributed by atoms with Crippen molar-refractivity contribution in [2.75, 3.05) is 6.54 Å². The molecule has 108 valence electrons. The molecule has 0 aliphatic rings. The average molecular weight is 359 g/mol. The topological polar surface area (TPSA) is 53.1 Å². The van der Waals surface area contributed by atoms with Crippen LogP contribution >= 0.6 is 27.5 Å². The van der Waals surface area contributed by atoms with Crippen molar-refractivity contribution in [3.63, 3.8) is 0 Å². The van der Waals surface area contributed by atoms with Crippen LogP contribution in [0.4, 0.5) is 0 Å². The Morgan fingerprint density at radius 3 is 2.75 bits per heavy atom. The number of aryl methyl sites for hydroxylation is 2. The summed E-state index contributed by atoms with van der Waals surface area (Å²) in [7, 11) is 1.89. The SMILES string of the molecule is Cc1nn(C)c(COc2ccc(CCN)cc2Cl)c1Br. The van der Waals surface area contributed by atoms with Crippen molar-refractivity contribution in [2.45, 2.75) is 20.0 Å². The van der Waals surface area contributed by atoms with Gasteiger partial charge in [0, 0.05) is 7.05 Å². The normalized spacial score (nSPS) is 10.8. The standard InChI is InChI=1S/C14H17BrClN3O/c1-9-14(15)12(19(2)18-9)8-20-13-4-3-10(5-6-17)7-11(13)16/h3-4,7H,5-6,8,17H2,1-2H3. The summed E-state index contributed by atoms with van der Waals surface area (Å²) in [5.41, 5.74) is 8.56. The number of halogens is 2. The molecule has 2 aromatic rings. The molecule has 0 spiro atoms. The molecule has 2 rings (SSSR count). The van der Waals surface area contributed by atoms with Gasteiger partial charge in [-0.3, -0.25) is 4.68 Å². The van der Waals surface area contributed by atoms with E-state index in [1.165, 1.54) is 0 Å². The highest BCUT2D eigenvalue weighted by Crippen LogP contribution is 2.28. The van der Waals surface area contributed by atoms with Crippen LogP contribution in [-0.4, -0.2) is 16.3 Å². The molecule has 1 heterocycles. The lowest BCUT2D eigenvalue weighted by Gasteiger charge is -2.10. The first-order chi connectivity index (χ1) is 9.52. The molecule has 4 nitrogen and oxygen atoms in total. The van der Waals surface area contributed by atoms with Gasteiger partial charge in [0.15, 0.2) is 0 Å². The Hall–Kier alpha value is -1.04. The number of hydrogen-bond donors (Lipinski definition) is 1. The minimum absolute atomic E-state index is 0.411. The van der Waals surface area contributed by atoms with E-state index in [1.807, 2.05) is 32.2 Å². The quantitative estimate of drug-likeness (QED) is 0.893. The van der Waals surface area contributed by atoms with Gasteiger partial charge in [-0.25, -0.2) is 0 Å². The van der Waals surface area contributed by atoms with Crippen LogP contribution in [0.3, 0.4) is 0 Å². The second-order valence-electron chi connectivity index (χ2n) is 4.56. The first-order valence-corrected chi connectivity index (χ1v) is 7.49. The summed E-state index contributed by atoms with van der Waals surface area (Å²) < 4.78 is 8.55. The van der Waals surface area contributed by atoms with Gasteiger partial charge >= 0.3 is 0 Å². The Bertz CT molecular complexity index is 613. The highest BCUT2D eigenvalue weighted by atomic mass is 79.9. The van der Waals surface area contributed by atoms with Crippen LogP contribution in [0.25, 0.3) is 0 Å². The number of aromatic nitrogens is 2. The maximum Gasteiger partial charge on any atom is 0.138 e. The van der Waals surface area contributed by atoms with Gasteiger partial charge in [-0.1, -0.05) is 17.7 Å². The molecule has 0 saturated heterocycles. The van der Waals surface area contributed by atoms with E-state index in [4.69, 9.17) is 22.1 Å². The molecule has 0 aliphatic carbocycles. The second kappa shape index (κ2) is 6.61. The fourth-order valence-electron chi connectivity index (χ4n) is 1.97. The smallest absolute Gasteiger partial charge is 0.138 e. The molecule has 0 fully saturated rings. The molecule has 6 heteroatoms. The lowest BCUT2D eigenvalue weighted by molar-refractivity contribution is 0.294. The predicted molar refractivity (Wildman–Crippen MR) is 84.2 cm³/mol. The molecule has 0 radical (unpaired) electrons. The van der Waals surface area contributed by atoms with Gasteiger partial charge < -0.3 is 10.5 Å². The van der Waals surface area contributed by atoms with Gasteiger partial charge in [-0.15, -0.1) is 0 Å². The lowest BCUT2D eigenvalue weighted by atomic mass is 10.1. The molecule has 0 atom stereocenters. The number of rotatable bonds is 5. The summed E-state index contributed by atoms with van der Waals surface area (Å²) in [4.78, 5) is 0. The van der Waals surface area contributed by atoms with Crippen LogP contribution in [0.1, 0.15) is 17.0 Å². The van der Waals surface area contributed by atoms with E-state index in [1.54, 1.807) is 4.68 Å². The van der Waals surface area contributed by atoms with Crippen molar-refractivity contribution in [2.24, 2.45) is 12.8 Å². The van der Waals surface area contributed by atoms with Crippen LogP contribution in [-0.2, 0) is 20.1 Å². The number of ether oxygens (including phenoxy) is 1. The van der Waals surface area contributed by atoms with Crippen molar-refractivity contribution in [1.82, 2.24) is 9.78 Å². The Morgan fingerprint density at radius 1 is 1.45 bits per heavy atom. The Balaban J connectivity index is 2.11. The fourth-order valence-corrected chi connectivity index (χ4v) is 2.67. The largest absolute Gasteiger partial charge is 0.486 e. The second-order valence-corrected chi connectivity index (χ2v) is 5.76. The molecule has 20 heavy (non-hydrogen) atoms. The minimum Gasteiger partial charge on any atom is -0.486 e. The summed E-state index contributed by atoms with van der Waals surface area (Å²) in [6.45, 7) is 2.97. The molecular formula is C14H17BrClN3O. The van der Waals surface area contributed by atoms with Crippen molar-refractivity contribution in [1.29, 1.82) is 0 Å². The molecule has 0 amide bonds. The van der Waals surface area contributed by atoms with Crippen LogP contribution in [0.5, 0.6) is 5.75 Å². The van der Waals surface area contributed by atoms with E-state index < -0.39 is 0 Å². The van der Waals surface area contributed by atoms with Gasteiger partial charge in [0.05, 0.1) is 20.9 Å². The van der Waals surface area contributed by atoms with Crippen molar-refractivity contribution >= 4 is 27.5 Å². The highest BCUT2D eigenvalue weighted by molar-refractivity contribution is 9.10. The fraction of sp³-hybridized carbons (Fsp3) is 0.357. The van der Waals surface area contributed by atoms with Crippen molar-refractivity contribution < 1.29 is 4.74 Å². The van der Waals surface area contributed by atoms with Crippen LogP contribution in [0, 0.1) is 6.92 Å². The zero-order chi connectivity index (χ0) is 14.7. The molecule has 0 saturated carbocycles. The first kappa shape index (κ1) is 15.4. The number of benzene rings is 1. The highest BCUT2D eigenvalue weighted by Gasteiger charge is 2.12. The number of hydrogen-bond acceptors (Lipinski definition) is 3. The van der Waals surface area contributed by atoms with E-state index in [2.05, 4.69) is 21.0 Å². The van der Waals surface area contributed by atoms with E-state index in [9.17, 15) is 0 Å². The molecule has 2 N–H and O–H groups in total. The monoisotopic (exact) mass is 357 g/mol. The number of nitrogens with zero attached hydrogens (tertiary/aromatic N) is 2. The third-order valence-corrected chi connectivity index (χ3v) is 4.38. The number of nitrogens with two attached hydrogens (primary N) is 1. The van der Waals surface area contributed by atoms with Gasteiger partial charge in [-0.2, -0.15) is 5.10 Å².